The molecule has 0 radical (unpaired) electrons. The number of nitrogens with zero attached hydrogens (tertiary/aromatic N) is 1. The molecular weight excluding hydrogens is 258 g/mol. The quantitative estimate of drug-likeness (QED) is 0.820. The van der Waals surface area contributed by atoms with Gasteiger partial charge in [0.25, 0.3) is 0 Å². The van der Waals surface area contributed by atoms with Gasteiger partial charge in [0, 0.05) is 26.2 Å². The van der Waals surface area contributed by atoms with Crippen molar-refractivity contribution in [3.63, 3.8) is 0 Å². The van der Waals surface area contributed by atoms with Gasteiger partial charge < -0.3 is 10.2 Å². The molecule has 1 fully saturated rings. The molecule has 0 aliphatic heterocycles. The predicted octanol–water partition coefficient (Wildman–Crippen LogP) is 3.70. The molecule has 112 valence electrons. The Hall–Kier alpha value is -1.16. The van der Waals surface area contributed by atoms with Crippen molar-refractivity contribution < 1.29 is 8.78 Å². The van der Waals surface area contributed by atoms with Crippen molar-refractivity contribution in [1.82, 2.24) is 5.32 Å². The van der Waals surface area contributed by atoms with Crippen LogP contribution in [0.25, 0.3) is 0 Å². The van der Waals surface area contributed by atoms with E-state index in [1.54, 1.807) is 11.9 Å². The van der Waals surface area contributed by atoms with Gasteiger partial charge in [0.1, 0.15) is 17.3 Å². The third kappa shape index (κ3) is 3.92. The summed E-state index contributed by atoms with van der Waals surface area (Å²) in [4.78, 5) is 1.68. The minimum Gasteiger partial charge on any atom is -0.370 e. The highest BCUT2D eigenvalue weighted by Gasteiger charge is 2.21. The number of nitrogens with one attached hydrogen (secondary N) is 1. The standard InChI is InChI=1S/C16H24F2N2/c1-4-11(2)10-20(3)16-14(17)7-12(8-15(16)18)9-19-13-5-6-13/h7-8,11,13,19H,4-6,9-10H2,1-3H3. The fourth-order valence-corrected chi connectivity index (χ4v) is 2.32. The van der Waals surface area contributed by atoms with Crippen molar-refractivity contribution in [2.24, 2.45) is 5.92 Å². The SMILES string of the molecule is CCC(C)CN(C)c1c(F)cc(CNC2CC2)cc1F. The summed E-state index contributed by atoms with van der Waals surface area (Å²) in [6.45, 7) is 5.36. The minimum absolute atomic E-state index is 0.0838. The average molecular weight is 282 g/mol. The maximum atomic E-state index is 14.1. The summed E-state index contributed by atoms with van der Waals surface area (Å²) in [7, 11) is 1.75. The zero-order chi connectivity index (χ0) is 14.7. The first-order chi connectivity index (χ1) is 9.51. The van der Waals surface area contributed by atoms with Gasteiger partial charge in [-0.2, -0.15) is 0 Å². The van der Waals surface area contributed by atoms with Gasteiger partial charge in [0.2, 0.25) is 0 Å². The van der Waals surface area contributed by atoms with Gasteiger partial charge in [-0.25, -0.2) is 8.78 Å². The van der Waals surface area contributed by atoms with Crippen molar-refractivity contribution in [3.05, 3.63) is 29.3 Å². The molecule has 20 heavy (non-hydrogen) atoms. The van der Waals surface area contributed by atoms with Gasteiger partial charge in [0.05, 0.1) is 0 Å². The van der Waals surface area contributed by atoms with Gasteiger partial charge in [0.15, 0.2) is 0 Å². The maximum Gasteiger partial charge on any atom is 0.149 e. The summed E-state index contributed by atoms with van der Waals surface area (Å²) in [5, 5.41) is 3.27. The highest BCUT2D eigenvalue weighted by atomic mass is 19.1. The Kier molecular flexibility index (Phi) is 4.97. The van der Waals surface area contributed by atoms with Crippen LogP contribution in [-0.4, -0.2) is 19.6 Å². The van der Waals surface area contributed by atoms with E-state index in [4.69, 9.17) is 0 Å². The smallest absolute Gasteiger partial charge is 0.149 e. The maximum absolute atomic E-state index is 14.1. The van der Waals surface area contributed by atoms with E-state index in [0.29, 0.717) is 30.6 Å². The largest absolute Gasteiger partial charge is 0.370 e. The van der Waals surface area contributed by atoms with E-state index < -0.39 is 11.6 Å². The molecule has 1 aromatic carbocycles. The summed E-state index contributed by atoms with van der Waals surface area (Å²) in [5.74, 6) is -0.526. The predicted molar refractivity (Wildman–Crippen MR) is 78.9 cm³/mol. The lowest BCUT2D eigenvalue weighted by molar-refractivity contribution is 0.531. The zero-order valence-electron chi connectivity index (χ0n) is 12.5. The molecule has 0 bridgehead atoms. The molecule has 1 N–H and O–H groups in total. The lowest BCUT2D eigenvalue weighted by Crippen LogP contribution is -2.26. The summed E-state index contributed by atoms with van der Waals surface area (Å²) >= 11 is 0. The second-order valence-corrected chi connectivity index (χ2v) is 5.96. The van der Waals surface area contributed by atoms with Crippen LogP contribution in [0, 0.1) is 17.6 Å². The fraction of sp³-hybridized carbons (Fsp3) is 0.625. The van der Waals surface area contributed by atoms with Crippen LogP contribution in [0.4, 0.5) is 14.5 Å². The molecule has 1 aliphatic rings. The van der Waals surface area contributed by atoms with E-state index >= 15 is 0 Å². The Bertz CT molecular complexity index is 435. The molecule has 4 heteroatoms. The van der Waals surface area contributed by atoms with E-state index in [2.05, 4.69) is 19.2 Å². The van der Waals surface area contributed by atoms with Crippen LogP contribution in [0.2, 0.25) is 0 Å². The number of hydrogen-bond acceptors (Lipinski definition) is 2. The molecule has 1 unspecified atom stereocenters. The Morgan fingerprint density at radius 1 is 1.30 bits per heavy atom. The summed E-state index contributed by atoms with van der Waals surface area (Å²) < 4.78 is 28.3. The van der Waals surface area contributed by atoms with Crippen LogP contribution in [0.5, 0.6) is 0 Å². The number of hydrogen-bond donors (Lipinski definition) is 1. The lowest BCUT2D eigenvalue weighted by atomic mass is 10.1. The van der Waals surface area contributed by atoms with Crippen LogP contribution >= 0.6 is 0 Å². The molecule has 1 saturated carbocycles. The first-order valence-corrected chi connectivity index (χ1v) is 7.43. The number of halogens is 2. The van der Waals surface area contributed by atoms with Gasteiger partial charge in [-0.15, -0.1) is 0 Å². The van der Waals surface area contributed by atoms with Crippen molar-refractivity contribution in [1.29, 1.82) is 0 Å². The molecule has 0 spiro atoms. The van der Waals surface area contributed by atoms with Crippen LogP contribution in [0.15, 0.2) is 12.1 Å². The van der Waals surface area contributed by atoms with Crippen LogP contribution in [-0.2, 0) is 6.54 Å². The normalized spacial score (nSPS) is 16.2. The van der Waals surface area contributed by atoms with Crippen LogP contribution in [0.3, 0.4) is 0 Å². The number of benzene rings is 1. The lowest BCUT2D eigenvalue weighted by Gasteiger charge is -2.24. The molecule has 0 heterocycles. The Labute approximate surface area is 120 Å². The van der Waals surface area contributed by atoms with E-state index in [-0.39, 0.29) is 5.69 Å². The van der Waals surface area contributed by atoms with Gasteiger partial charge in [-0.1, -0.05) is 20.3 Å². The van der Waals surface area contributed by atoms with Gasteiger partial charge >= 0.3 is 0 Å². The molecule has 1 aliphatic carbocycles. The Morgan fingerprint density at radius 2 is 1.90 bits per heavy atom. The monoisotopic (exact) mass is 282 g/mol. The van der Waals surface area contributed by atoms with Gasteiger partial charge in [-0.3, -0.25) is 0 Å². The van der Waals surface area contributed by atoms with E-state index in [1.165, 1.54) is 25.0 Å². The van der Waals surface area contributed by atoms with Crippen molar-refractivity contribution in [2.75, 3.05) is 18.5 Å². The fourth-order valence-electron chi connectivity index (χ4n) is 2.32. The zero-order valence-corrected chi connectivity index (χ0v) is 12.5. The van der Waals surface area contributed by atoms with E-state index in [9.17, 15) is 8.78 Å². The number of rotatable bonds is 7. The van der Waals surface area contributed by atoms with Crippen molar-refractivity contribution in [3.8, 4) is 0 Å². The third-order valence-electron chi connectivity index (χ3n) is 3.91. The number of anilines is 1. The third-order valence-corrected chi connectivity index (χ3v) is 3.91. The van der Waals surface area contributed by atoms with Crippen molar-refractivity contribution >= 4 is 5.69 Å². The highest BCUT2D eigenvalue weighted by molar-refractivity contribution is 5.50. The topological polar surface area (TPSA) is 15.3 Å². The molecule has 0 aromatic heterocycles. The van der Waals surface area contributed by atoms with Crippen LogP contribution in [0.1, 0.15) is 38.7 Å². The summed E-state index contributed by atoms with van der Waals surface area (Å²) in [6.07, 6.45) is 3.33. The molecule has 2 nitrogen and oxygen atoms in total. The van der Waals surface area contributed by atoms with Crippen LogP contribution < -0.4 is 10.2 Å². The second-order valence-electron chi connectivity index (χ2n) is 5.96. The minimum atomic E-state index is -0.469. The molecule has 0 saturated heterocycles. The Balaban J connectivity index is 2.08. The summed E-state index contributed by atoms with van der Waals surface area (Å²) in [6, 6.07) is 3.43. The molecule has 1 atom stereocenters. The van der Waals surface area contributed by atoms with E-state index in [1.807, 2.05) is 0 Å². The average Bonchev–Trinajstić information content (AvgIpc) is 3.19. The van der Waals surface area contributed by atoms with Gasteiger partial charge in [-0.05, 0) is 36.5 Å². The highest BCUT2D eigenvalue weighted by Crippen LogP contribution is 2.26. The van der Waals surface area contributed by atoms with Crippen molar-refractivity contribution in [2.45, 2.75) is 45.7 Å². The summed E-state index contributed by atoms with van der Waals surface area (Å²) in [5.41, 5.74) is 0.757. The first kappa shape index (κ1) is 15.2. The molecule has 0 amide bonds. The second kappa shape index (κ2) is 6.53. The molecule has 2 rings (SSSR count). The first-order valence-electron chi connectivity index (χ1n) is 7.43. The molecule has 1 aromatic rings. The molecular formula is C16H24F2N2. The Morgan fingerprint density at radius 3 is 2.40 bits per heavy atom. The van der Waals surface area contributed by atoms with E-state index in [0.717, 1.165) is 6.42 Å².